The van der Waals surface area contributed by atoms with Crippen molar-refractivity contribution in [1.29, 1.82) is 0 Å². The SMILES string of the molecule is Cc1nc(CN(C)Cc2cnc(N)s2)cs1.Cl. The number of nitrogens with two attached hydrogens (primary N) is 1. The van der Waals surface area contributed by atoms with Gasteiger partial charge >= 0.3 is 0 Å². The Hall–Kier alpha value is -0.690. The summed E-state index contributed by atoms with van der Waals surface area (Å²) in [6, 6.07) is 0. The number of halogens is 1. The lowest BCUT2D eigenvalue weighted by atomic mass is 10.4. The molecule has 2 heterocycles. The molecule has 7 heteroatoms. The average Bonchev–Trinajstić information content (AvgIpc) is 2.76. The van der Waals surface area contributed by atoms with Crippen molar-refractivity contribution in [3.8, 4) is 0 Å². The van der Waals surface area contributed by atoms with Gasteiger partial charge < -0.3 is 5.73 Å². The van der Waals surface area contributed by atoms with E-state index in [-0.39, 0.29) is 12.4 Å². The number of thiazole rings is 2. The molecule has 2 aromatic heterocycles. The first-order valence-electron chi connectivity index (χ1n) is 4.93. The maximum atomic E-state index is 5.59. The molecule has 0 unspecified atom stereocenters. The predicted molar refractivity (Wildman–Crippen MR) is 75.8 cm³/mol. The summed E-state index contributed by atoms with van der Waals surface area (Å²) >= 11 is 3.23. The maximum absolute atomic E-state index is 5.59. The molecule has 0 saturated carbocycles. The van der Waals surface area contributed by atoms with Gasteiger partial charge in [-0.25, -0.2) is 9.97 Å². The lowest BCUT2D eigenvalue weighted by Gasteiger charge is -2.13. The molecule has 4 nitrogen and oxygen atoms in total. The van der Waals surface area contributed by atoms with E-state index in [0.717, 1.165) is 23.8 Å². The van der Waals surface area contributed by atoms with Crippen LogP contribution in [-0.2, 0) is 13.1 Å². The van der Waals surface area contributed by atoms with Gasteiger partial charge in [-0.3, -0.25) is 4.90 Å². The highest BCUT2D eigenvalue weighted by Crippen LogP contribution is 2.17. The molecule has 0 spiro atoms. The summed E-state index contributed by atoms with van der Waals surface area (Å²) in [5.41, 5.74) is 6.72. The van der Waals surface area contributed by atoms with Gasteiger partial charge in [0.05, 0.1) is 10.7 Å². The second kappa shape index (κ2) is 6.30. The van der Waals surface area contributed by atoms with Crippen LogP contribution in [0.25, 0.3) is 0 Å². The van der Waals surface area contributed by atoms with Crippen LogP contribution in [0.2, 0.25) is 0 Å². The molecule has 94 valence electrons. The Bertz CT molecular complexity index is 426. The van der Waals surface area contributed by atoms with Crippen molar-refractivity contribution < 1.29 is 0 Å². The number of rotatable bonds is 4. The lowest BCUT2D eigenvalue weighted by Crippen LogP contribution is -2.16. The maximum Gasteiger partial charge on any atom is 0.180 e. The molecular formula is C10H15ClN4S2. The van der Waals surface area contributed by atoms with Crippen molar-refractivity contribution >= 4 is 40.2 Å². The van der Waals surface area contributed by atoms with E-state index >= 15 is 0 Å². The van der Waals surface area contributed by atoms with Crippen molar-refractivity contribution in [2.45, 2.75) is 20.0 Å². The minimum atomic E-state index is 0. The summed E-state index contributed by atoms with van der Waals surface area (Å²) in [4.78, 5) is 11.9. The van der Waals surface area contributed by atoms with Crippen LogP contribution in [0.3, 0.4) is 0 Å². The standard InChI is InChI=1S/C10H14N4S2.ClH/c1-7-13-8(6-15-7)4-14(2)5-9-3-12-10(11)16-9;/h3,6H,4-5H2,1-2H3,(H2,11,12);1H. The fraction of sp³-hybridized carbons (Fsp3) is 0.400. The molecular weight excluding hydrogens is 276 g/mol. The Morgan fingerprint density at radius 3 is 2.71 bits per heavy atom. The molecule has 0 aliphatic rings. The van der Waals surface area contributed by atoms with Gasteiger partial charge in [-0.05, 0) is 14.0 Å². The van der Waals surface area contributed by atoms with Crippen molar-refractivity contribution in [3.05, 3.63) is 27.2 Å². The van der Waals surface area contributed by atoms with Crippen LogP contribution in [-0.4, -0.2) is 21.9 Å². The van der Waals surface area contributed by atoms with Gasteiger partial charge in [0.1, 0.15) is 0 Å². The van der Waals surface area contributed by atoms with E-state index in [9.17, 15) is 0 Å². The largest absolute Gasteiger partial charge is 0.375 e. The normalized spacial score (nSPS) is 10.5. The summed E-state index contributed by atoms with van der Waals surface area (Å²) in [5, 5.41) is 3.85. The first-order valence-corrected chi connectivity index (χ1v) is 6.63. The van der Waals surface area contributed by atoms with E-state index in [0.29, 0.717) is 5.13 Å². The van der Waals surface area contributed by atoms with E-state index in [1.165, 1.54) is 16.2 Å². The number of hydrogen-bond acceptors (Lipinski definition) is 6. The molecule has 2 N–H and O–H groups in total. The van der Waals surface area contributed by atoms with Crippen LogP contribution in [0.5, 0.6) is 0 Å². The minimum Gasteiger partial charge on any atom is -0.375 e. The van der Waals surface area contributed by atoms with Crippen LogP contribution in [0.4, 0.5) is 5.13 Å². The zero-order valence-electron chi connectivity index (χ0n) is 9.71. The first kappa shape index (κ1) is 14.4. The molecule has 0 bridgehead atoms. The van der Waals surface area contributed by atoms with Gasteiger partial charge in [-0.15, -0.1) is 35.1 Å². The third-order valence-electron chi connectivity index (χ3n) is 2.10. The van der Waals surface area contributed by atoms with Gasteiger partial charge in [-0.2, -0.15) is 0 Å². The molecule has 0 radical (unpaired) electrons. The molecule has 0 aliphatic carbocycles. The zero-order chi connectivity index (χ0) is 11.5. The summed E-state index contributed by atoms with van der Waals surface area (Å²) in [7, 11) is 2.07. The van der Waals surface area contributed by atoms with Crippen LogP contribution in [0.15, 0.2) is 11.6 Å². The molecule has 0 aromatic carbocycles. The van der Waals surface area contributed by atoms with E-state index < -0.39 is 0 Å². The van der Waals surface area contributed by atoms with Gasteiger partial charge in [0.25, 0.3) is 0 Å². The molecule has 0 fully saturated rings. The number of aromatic nitrogens is 2. The molecule has 2 rings (SSSR count). The molecule has 0 atom stereocenters. The quantitative estimate of drug-likeness (QED) is 0.940. The summed E-state index contributed by atoms with van der Waals surface area (Å²) in [5.74, 6) is 0. The van der Waals surface area contributed by atoms with Crippen LogP contribution < -0.4 is 5.73 Å². The van der Waals surface area contributed by atoms with Crippen LogP contribution in [0.1, 0.15) is 15.6 Å². The van der Waals surface area contributed by atoms with E-state index in [1.54, 1.807) is 11.3 Å². The van der Waals surface area contributed by atoms with E-state index in [2.05, 4.69) is 27.3 Å². The second-order valence-corrected chi connectivity index (χ2v) is 5.90. The van der Waals surface area contributed by atoms with Gasteiger partial charge in [0.15, 0.2) is 5.13 Å². The highest BCUT2D eigenvalue weighted by molar-refractivity contribution is 7.15. The molecule has 0 amide bonds. The second-order valence-electron chi connectivity index (χ2n) is 3.69. The smallest absolute Gasteiger partial charge is 0.180 e. The van der Waals surface area contributed by atoms with E-state index in [4.69, 9.17) is 5.73 Å². The molecule has 0 saturated heterocycles. The predicted octanol–water partition coefficient (Wildman–Crippen LogP) is 2.54. The fourth-order valence-electron chi connectivity index (χ4n) is 1.48. The highest BCUT2D eigenvalue weighted by atomic mass is 35.5. The topological polar surface area (TPSA) is 55.0 Å². The van der Waals surface area contributed by atoms with Crippen molar-refractivity contribution in [2.75, 3.05) is 12.8 Å². The Kier molecular flexibility index (Phi) is 5.32. The van der Waals surface area contributed by atoms with Gasteiger partial charge in [0, 0.05) is 29.5 Å². The molecule has 17 heavy (non-hydrogen) atoms. The van der Waals surface area contributed by atoms with Crippen LogP contribution in [0, 0.1) is 6.92 Å². The third kappa shape index (κ3) is 4.23. The zero-order valence-corrected chi connectivity index (χ0v) is 12.2. The number of nitrogens with zero attached hydrogens (tertiary/aromatic N) is 3. The summed E-state index contributed by atoms with van der Waals surface area (Å²) < 4.78 is 0. The van der Waals surface area contributed by atoms with Crippen molar-refractivity contribution in [1.82, 2.24) is 14.9 Å². The minimum absolute atomic E-state index is 0. The Labute approximate surface area is 115 Å². The monoisotopic (exact) mass is 290 g/mol. The third-order valence-corrected chi connectivity index (χ3v) is 3.73. The van der Waals surface area contributed by atoms with Crippen LogP contribution >= 0.6 is 35.1 Å². The Morgan fingerprint density at radius 2 is 2.18 bits per heavy atom. The summed E-state index contributed by atoms with van der Waals surface area (Å²) in [6.45, 7) is 3.76. The molecule has 0 aliphatic heterocycles. The van der Waals surface area contributed by atoms with Gasteiger partial charge in [0.2, 0.25) is 0 Å². The highest BCUT2D eigenvalue weighted by Gasteiger charge is 2.06. The summed E-state index contributed by atoms with van der Waals surface area (Å²) in [6.07, 6.45) is 1.84. The Morgan fingerprint density at radius 1 is 1.41 bits per heavy atom. The number of nitrogen functional groups attached to an aromatic ring is 1. The number of anilines is 1. The van der Waals surface area contributed by atoms with E-state index in [1.807, 2.05) is 13.1 Å². The van der Waals surface area contributed by atoms with Crippen molar-refractivity contribution in [3.63, 3.8) is 0 Å². The lowest BCUT2D eigenvalue weighted by molar-refractivity contribution is 0.318. The molecule has 2 aromatic rings. The van der Waals surface area contributed by atoms with Gasteiger partial charge in [-0.1, -0.05) is 0 Å². The fourth-order valence-corrected chi connectivity index (χ4v) is 2.84. The van der Waals surface area contributed by atoms with Crippen molar-refractivity contribution in [2.24, 2.45) is 0 Å². The number of hydrogen-bond donors (Lipinski definition) is 1. The number of aryl methyl sites for hydroxylation is 1. The Balaban J connectivity index is 0.00000144. The average molecular weight is 291 g/mol. The first-order chi connectivity index (χ1) is 7.63.